The maximum atomic E-state index is 12.2. The standard InChI is InChI=1S/C22H32O2S/c1-7-14-13-20-21(17(10-4)15(14)8-2)18(11-5)16(9-3)19(12-6)22(20)25(23)24/h13H,7-12H2,1-6H3,(H,23,24)/p-1. The van der Waals surface area contributed by atoms with Crippen molar-refractivity contribution in [1.29, 1.82) is 0 Å². The van der Waals surface area contributed by atoms with Crippen molar-refractivity contribution in [3.63, 3.8) is 0 Å². The lowest BCUT2D eigenvalue weighted by atomic mass is 9.83. The predicted molar refractivity (Wildman–Crippen MR) is 107 cm³/mol. The van der Waals surface area contributed by atoms with E-state index in [4.69, 9.17) is 0 Å². The lowest BCUT2D eigenvalue weighted by Crippen LogP contribution is -2.10. The van der Waals surface area contributed by atoms with E-state index in [0.29, 0.717) is 4.90 Å². The van der Waals surface area contributed by atoms with Gasteiger partial charge >= 0.3 is 0 Å². The Kier molecular flexibility index (Phi) is 6.81. The minimum atomic E-state index is -2.22. The molecule has 0 heterocycles. The van der Waals surface area contributed by atoms with Crippen molar-refractivity contribution in [2.24, 2.45) is 0 Å². The summed E-state index contributed by atoms with van der Waals surface area (Å²) in [6.07, 6.45) is 5.47. The number of hydrogen-bond acceptors (Lipinski definition) is 2. The number of benzene rings is 2. The molecular formula is C22H31O2S-. The molecule has 0 saturated heterocycles. The van der Waals surface area contributed by atoms with Crippen LogP contribution in [0.5, 0.6) is 0 Å². The predicted octanol–water partition coefficient (Wildman–Crippen LogP) is 5.45. The molecule has 2 aromatic rings. The van der Waals surface area contributed by atoms with Crippen LogP contribution in [0.15, 0.2) is 11.0 Å². The molecule has 0 fully saturated rings. The van der Waals surface area contributed by atoms with Crippen molar-refractivity contribution in [3.05, 3.63) is 39.4 Å². The van der Waals surface area contributed by atoms with Gasteiger partial charge in [-0.2, -0.15) is 0 Å². The molecule has 0 bridgehead atoms. The molecule has 0 aliphatic heterocycles. The molecule has 138 valence electrons. The third-order valence-corrected chi connectivity index (χ3v) is 6.31. The van der Waals surface area contributed by atoms with Gasteiger partial charge in [-0.1, -0.05) is 41.5 Å². The number of aryl methyl sites for hydroxylation is 3. The summed E-state index contributed by atoms with van der Waals surface area (Å²) in [5.41, 5.74) is 7.70. The Balaban J connectivity index is 3.22. The normalized spacial score (nSPS) is 12.8. The van der Waals surface area contributed by atoms with Crippen molar-refractivity contribution in [2.75, 3.05) is 0 Å². The van der Waals surface area contributed by atoms with Gasteiger partial charge in [0.1, 0.15) is 0 Å². The van der Waals surface area contributed by atoms with Crippen LogP contribution in [-0.2, 0) is 49.6 Å². The van der Waals surface area contributed by atoms with Crippen molar-refractivity contribution in [3.8, 4) is 0 Å². The van der Waals surface area contributed by atoms with Gasteiger partial charge < -0.3 is 4.55 Å². The third-order valence-electron chi connectivity index (χ3n) is 5.51. The quantitative estimate of drug-likeness (QED) is 0.617. The Labute approximate surface area is 155 Å². The second-order valence-electron chi connectivity index (χ2n) is 6.54. The van der Waals surface area contributed by atoms with E-state index in [-0.39, 0.29) is 0 Å². The van der Waals surface area contributed by atoms with Gasteiger partial charge in [0.2, 0.25) is 0 Å². The van der Waals surface area contributed by atoms with Crippen LogP contribution in [0.3, 0.4) is 0 Å². The van der Waals surface area contributed by atoms with Gasteiger partial charge in [0, 0.05) is 4.90 Å². The fourth-order valence-electron chi connectivity index (χ4n) is 4.52. The molecule has 0 amide bonds. The molecule has 2 nitrogen and oxygen atoms in total. The van der Waals surface area contributed by atoms with Crippen LogP contribution in [0.25, 0.3) is 10.8 Å². The second kappa shape index (κ2) is 8.46. The van der Waals surface area contributed by atoms with E-state index in [1.807, 2.05) is 0 Å². The molecule has 0 aromatic heterocycles. The molecular weight excluding hydrogens is 328 g/mol. The Morgan fingerprint density at radius 3 is 1.60 bits per heavy atom. The third kappa shape index (κ3) is 3.29. The number of rotatable bonds is 7. The summed E-state index contributed by atoms with van der Waals surface area (Å²) in [6, 6.07) is 2.16. The highest BCUT2D eigenvalue weighted by Crippen LogP contribution is 2.39. The van der Waals surface area contributed by atoms with Crippen LogP contribution in [-0.4, -0.2) is 8.76 Å². The molecule has 3 heteroatoms. The molecule has 1 atom stereocenters. The molecule has 0 aliphatic carbocycles. The first-order chi connectivity index (χ1) is 12.0. The first kappa shape index (κ1) is 20.1. The highest BCUT2D eigenvalue weighted by Gasteiger charge is 2.21. The molecule has 0 spiro atoms. The highest BCUT2D eigenvalue weighted by molar-refractivity contribution is 7.79. The summed E-state index contributed by atoms with van der Waals surface area (Å²) in [6.45, 7) is 13.0. The molecule has 2 aromatic carbocycles. The van der Waals surface area contributed by atoms with Gasteiger partial charge in [0.05, 0.1) is 0 Å². The second-order valence-corrected chi connectivity index (χ2v) is 7.41. The van der Waals surface area contributed by atoms with E-state index in [1.165, 1.54) is 33.2 Å². The fraction of sp³-hybridized carbons (Fsp3) is 0.545. The monoisotopic (exact) mass is 359 g/mol. The summed E-state index contributed by atoms with van der Waals surface area (Å²) in [4.78, 5) is 0.540. The summed E-state index contributed by atoms with van der Waals surface area (Å²) in [5.74, 6) is 0. The largest absolute Gasteiger partial charge is 0.768 e. The highest BCUT2D eigenvalue weighted by atomic mass is 32.2. The maximum Gasteiger partial charge on any atom is 0.0362 e. The van der Waals surface area contributed by atoms with Gasteiger partial charge in [-0.15, -0.1) is 0 Å². The first-order valence-electron chi connectivity index (χ1n) is 9.73. The zero-order valence-corrected chi connectivity index (χ0v) is 17.4. The lowest BCUT2D eigenvalue weighted by Gasteiger charge is -2.26. The minimum absolute atomic E-state index is 0.540. The van der Waals surface area contributed by atoms with Gasteiger partial charge in [-0.25, -0.2) is 0 Å². The molecule has 0 saturated carbocycles. The van der Waals surface area contributed by atoms with E-state index >= 15 is 0 Å². The maximum absolute atomic E-state index is 12.2. The minimum Gasteiger partial charge on any atom is -0.768 e. The summed E-state index contributed by atoms with van der Waals surface area (Å²) >= 11 is -2.22. The average Bonchev–Trinajstić information content (AvgIpc) is 2.63. The van der Waals surface area contributed by atoms with Gasteiger partial charge in [0.15, 0.2) is 0 Å². The van der Waals surface area contributed by atoms with Gasteiger partial charge in [-0.3, -0.25) is 4.21 Å². The smallest absolute Gasteiger partial charge is 0.0362 e. The summed E-state index contributed by atoms with van der Waals surface area (Å²) in [5, 5.41) is 2.16. The van der Waals surface area contributed by atoms with E-state index in [9.17, 15) is 8.76 Å². The zero-order valence-electron chi connectivity index (χ0n) is 16.5. The Morgan fingerprint density at radius 2 is 1.20 bits per heavy atom. The molecule has 0 N–H and O–H groups in total. The van der Waals surface area contributed by atoms with Crippen molar-refractivity contribution in [2.45, 2.75) is 85.0 Å². The molecule has 25 heavy (non-hydrogen) atoms. The Bertz CT molecular complexity index is 796. The molecule has 0 aliphatic rings. The average molecular weight is 360 g/mol. The van der Waals surface area contributed by atoms with Crippen LogP contribution >= 0.6 is 0 Å². The molecule has 0 radical (unpaired) electrons. The van der Waals surface area contributed by atoms with E-state index in [0.717, 1.165) is 49.5 Å². The van der Waals surface area contributed by atoms with Gasteiger partial charge in [0.25, 0.3) is 0 Å². The van der Waals surface area contributed by atoms with Crippen molar-refractivity contribution >= 4 is 21.9 Å². The van der Waals surface area contributed by atoms with Crippen LogP contribution in [0, 0.1) is 0 Å². The van der Waals surface area contributed by atoms with Crippen molar-refractivity contribution in [1.82, 2.24) is 0 Å². The molecule has 2 rings (SSSR count). The number of hydrogen-bond donors (Lipinski definition) is 0. The number of fused-ring (bicyclic) bond motifs is 1. The SMILES string of the molecule is CCc1cc2c(S(=O)[O-])c(CC)c(CC)c(CC)c2c(CC)c1CC. The Hall–Kier alpha value is -1.19. The van der Waals surface area contributed by atoms with Crippen LogP contribution in [0.4, 0.5) is 0 Å². The summed E-state index contributed by atoms with van der Waals surface area (Å²) < 4.78 is 24.4. The zero-order chi connectivity index (χ0) is 18.7. The van der Waals surface area contributed by atoms with Gasteiger partial charge in [-0.05, 0) is 99.8 Å². The lowest BCUT2D eigenvalue weighted by molar-refractivity contribution is 0.537. The Morgan fingerprint density at radius 1 is 0.720 bits per heavy atom. The summed E-state index contributed by atoms with van der Waals surface area (Å²) in [7, 11) is 0. The van der Waals surface area contributed by atoms with Crippen molar-refractivity contribution < 1.29 is 8.76 Å². The van der Waals surface area contributed by atoms with Crippen LogP contribution in [0.2, 0.25) is 0 Å². The molecule has 1 unspecified atom stereocenters. The van der Waals surface area contributed by atoms with E-state index in [1.54, 1.807) is 0 Å². The van der Waals surface area contributed by atoms with Crippen LogP contribution in [0.1, 0.15) is 74.9 Å². The fourth-order valence-corrected chi connectivity index (χ4v) is 5.33. The van der Waals surface area contributed by atoms with Crippen LogP contribution < -0.4 is 0 Å². The first-order valence-corrected chi connectivity index (χ1v) is 10.8. The topological polar surface area (TPSA) is 40.1 Å². The van der Waals surface area contributed by atoms with E-state index in [2.05, 4.69) is 47.6 Å². The van der Waals surface area contributed by atoms with E-state index < -0.39 is 11.1 Å².